The number of sulfonamides is 1. The van der Waals surface area contributed by atoms with Crippen molar-refractivity contribution in [2.75, 3.05) is 7.05 Å². The third-order valence-electron chi connectivity index (χ3n) is 5.59. The number of halogens is 2. The molecule has 1 aliphatic heterocycles. The van der Waals surface area contributed by atoms with E-state index in [1.165, 1.54) is 39.0 Å². The lowest BCUT2D eigenvalue weighted by molar-refractivity contribution is 0.0131. The lowest BCUT2D eigenvalue weighted by atomic mass is 9.81. The van der Waals surface area contributed by atoms with E-state index in [0.29, 0.717) is 9.37 Å². The number of carbonyl (C=O) groups excluding carboxylic acids is 2. The van der Waals surface area contributed by atoms with Crippen LogP contribution >= 0.6 is 15.9 Å². The van der Waals surface area contributed by atoms with Crippen molar-refractivity contribution in [2.45, 2.75) is 83.8 Å². The normalized spacial score (nSPS) is 21.7. The van der Waals surface area contributed by atoms with Gasteiger partial charge in [-0.2, -0.15) is 0 Å². The Morgan fingerprint density at radius 3 is 1.91 bits per heavy atom. The molecule has 1 aliphatic rings. The summed E-state index contributed by atoms with van der Waals surface area (Å²) in [7, 11) is -3.15. The number of aliphatic imine (C=N–C) groups is 1. The van der Waals surface area contributed by atoms with Crippen molar-refractivity contribution in [3.05, 3.63) is 34.1 Å². The Hall–Kier alpha value is -2.21. The van der Waals surface area contributed by atoms with Crippen molar-refractivity contribution >= 4 is 44.1 Å². The van der Waals surface area contributed by atoms with E-state index < -0.39 is 55.5 Å². The zero-order valence-corrected chi connectivity index (χ0v) is 24.1. The number of amides is 2. The molecule has 0 bridgehead atoms. The maximum atomic E-state index is 15.1. The summed E-state index contributed by atoms with van der Waals surface area (Å²) in [5.74, 6) is -1.28. The topological polar surface area (TPSA) is 106 Å². The van der Waals surface area contributed by atoms with Gasteiger partial charge in [-0.05, 0) is 80.5 Å². The van der Waals surface area contributed by atoms with E-state index >= 15 is 4.39 Å². The Kier molecular flexibility index (Phi) is 7.48. The smallest absolute Gasteiger partial charge is 0.427 e. The van der Waals surface area contributed by atoms with Crippen molar-refractivity contribution in [1.82, 2.24) is 9.21 Å². The zero-order valence-electron chi connectivity index (χ0n) is 21.7. The highest BCUT2D eigenvalue weighted by Crippen LogP contribution is 2.47. The van der Waals surface area contributed by atoms with Crippen LogP contribution in [0, 0.1) is 5.82 Å². The summed E-state index contributed by atoms with van der Waals surface area (Å²) >= 11 is 3.29. The Morgan fingerprint density at radius 2 is 1.49 bits per heavy atom. The predicted octanol–water partition coefficient (Wildman–Crippen LogP) is 5.39. The lowest BCUT2D eigenvalue weighted by Gasteiger charge is -2.48. The third-order valence-corrected chi connectivity index (χ3v) is 8.65. The predicted molar refractivity (Wildman–Crippen MR) is 134 cm³/mol. The number of benzene rings is 1. The Balaban J connectivity index is 2.90. The van der Waals surface area contributed by atoms with Gasteiger partial charge in [-0.3, -0.25) is 0 Å². The second kappa shape index (κ2) is 9.02. The standard InChI is InChI=1S/C23H33BrFN3O6S/c1-20(2,3)33-18(29)28(19(30)34-21(4,5)6)17-26-23(9,15-13-14(24)11-12-16(15)25)22(7,8)35(31,32)27(17)10/h11-13H,1-10H3/t23-/m1/s1. The number of hydrogen-bond acceptors (Lipinski definition) is 7. The molecule has 0 N–H and O–H groups in total. The maximum absolute atomic E-state index is 15.1. The van der Waals surface area contributed by atoms with Gasteiger partial charge in [0.05, 0.1) is 0 Å². The van der Waals surface area contributed by atoms with Crippen molar-refractivity contribution in [2.24, 2.45) is 4.99 Å². The van der Waals surface area contributed by atoms with Crippen molar-refractivity contribution in [1.29, 1.82) is 0 Å². The third kappa shape index (κ3) is 5.47. The molecule has 1 heterocycles. The molecule has 9 nitrogen and oxygen atoms in total. The molecule has 2 amide bonds. The SMILES string of the molecule is CN1C(N(C(=O)OC(C)(C)C)C(=O)OC(C)(C)C)=N[C@](C)(c2cc(Br)ccc2F)C(C)(C)S1(=O)=O. The van der Waals surface area contributed by atoms with Crippen LogP contribution < -0.4 is 0 Å². The molecule has 2 rings (SSSR count). The van der Waals surface area contributed by atoms with Crippen LogP contribution in [0.3, 0.4) is 0 Å². The number of imide groups is 1. The molecule has 0 spiro atoms. The van der Waals surface area contributed by atoms with Gasteiger partial charge >= 0.3 is 12.2 Å². The van der Waals surface area contributed by atoms with Gasteiger partial charge in [0.1, 0.15) is 27.3 Å². The van der Waals surface area contributed by atoms with E-state index in [1.54, 1.807) is 41.5 Å². The van der Waals surface area contributed by atoms with Gasteiger partial charge in [-0.25, -0.2) is 31.7 Å². The first-order valence-corrected chi connectivity index (χ1v) is 13.1. The number of nitrogens with zero attached hydrogens (tertiary/aromatic N) is 3. The second-order valence-corrected chi connectivity index (χ2v) is 14.3. The van der Waals surface area contributed by atoms with Crippen LogP contribution in [0.25, 0.3) is 0 Å². The first-order valence-electron chi connectivity index (χ1n) is 10.8. The zero-order chi connectivity index (χ0) is 27.4. The van der Waals surface area contributed by atoms with Gasteiger partial charge in [0.15, 0.2) is 0 Å². The quantitative estimate of drug-likeness (QED) is 0.443. The molecule has 0 aliphatic carbocycles. The molecule has 12 heteroatoms. The van der Waals surface area contributed by atoms with Gasteiger partial charge in [0.25, 0.3) is 0 Å². The largest absolute Gasteiger partial charge is 0.443 e. The molecule has 0 saturated heterocycles. The molecule has 35 heavy (non-hydrogen) atoms. The first kappa shape index (κ1) is 29.0. The van der Waals surface area contributed by atoms with E-state index in [9.17, 15) is 18.0 Å². The van der Waals surface area contributed by atoms with E-state index in [0.717, 1.165) is 11.4 Å². The van der Waals surface area contributed by atoms with Crippen LogP contribution in [0.5, 0.6) is 0 Å². The van der Waals surface area contributed by atoms with Crippen molar-refractivity contribution in [3.8, 4) is 0 Å². The molecule has 0 radical (unpaired) electrons. The van der Waals surface area contributed by atoms with Crippen LogP contribution in [0.1, 0.15) is 67.9 Å². The number of rotatable bonds is 1. The molecular formula is C23H33BrFN3O6S. The molecule has 196 valence electrons. The summed E-state index contributed by atoms with van der Waals surface area (Å²) in [4.78, 5) is 31.4. The van der Waals surface area contributed by atoms with Gasteiger partial charge in [0.2, 0.25) is 16.0 Å². The minimum absolute atomic E-state index is 0.0422. The number of carbonyl (C=O) groups is 2. The molecule has 1 atom stereocenters. The first-order chi connectivity index (χ1) is 15.5. The van der Waals surface area contributed by atoms with Gasteiger partial charge < -0.3 is 9.47 Å². The second-order valence-electron chi connectivity index (χ2n) is 10.9. The Morgan fingerprint density at radius 1 is 1.03 bits per heavy atom. The summed E-state index contributed by atoms with van der Waals surface area (Å²) in [5, 5.41) is 0. The van der Waals surface area contributed by atoms with Gasteiger partial charge in [-0.1, -0.05) is 15.9 Å². The highest BCUT2D eigenvalue weighted by atomic mass is 79.9. The monoisotopic (exact) mass is 577 g/mol. The fourth-order valence-electron chi connectivity index (χ4n) is 3.40. The number of hydrogen-bond donors (Lipinski definition) is 0. The Labute approximate surface area is 214 Å². The lowest BCUT2D eigenvalue weighted by Crippen LogP contribution is -2.65. The summed E-state index contributed by atoms with van der Waals surface area (Å²) in [6, 6.07) is 4.07. The van der Waals surface area contributed by atoms with Crippen molar-refractivity contribution < 1.29 is 31.9 Å². The summed E-state index contributed by atoms with van der Waals surface area (Å²) in [5.41, 5.74) is -3.85. The highest BCUT2D eigenvalue weighted by molar-refractivity contribution is 9.10. The fraction of sp³-hybridized carbons (Fsp3) is 0.609. The van der Waals surface area contributed by atoms with Gasteiger partial charge in [-0.15, -0.1) is 4.90 Å². The van der Waals surface area contributed by atoms with E-state index in [1.807, 2.05) is 0 Å². The molecule has 0 fully saturated rings. The van der Waals surface area contributed by atoms with Crippen molar-refractivity contribution in [3.63, 3.8) is 0 Å². The summed E-state index contributed by atoms with van der Waals surface area (Å²) in [6.07, 6.45) is -2.38. The minimum atomic E-state index is -4.31. The molecule has 1 aromatic rings. The molecule has 0 aromatic heterocycles. The maximum Gasteiger partial charge on any atom is 0.427 e. The van der Waals surface area contributed by atoms with Crippen LogP contribution in [0.2, 0.25) is 0 Å². The van der Waals surface area contributed by atoms with E-state index in [4.69, 9.17) is 9.47 Å². The van der Waals surface area contributed by atoms with Gasteiger partial charge in [0, 0.05) is 17.1 Å². The average Bonchev–Trinajstić information content (AvgIpc) is 2.64. The van der Waals surface area contributed by atoms with Crippen LogP contribution in [0.15, 0.2) is 27.7 Å². The van der Waals surface area contributed by atoms with E-state index in [2.05, 4.69) is 20.9 Å². The molecular weight excluding hydrogens is 545 g/mol. The summed E-state index contributed by atoms with van der Waals surface area (Å²) in [6.45, 7) is 13.8. The minimum Gasteiger partial charge on any atom is -0.443 e. The molecule has 0 saturated carbocycles. The van der Waals surface area contributed by atoms with Crippen LogP contribution in [-0.4, -0.2) is 58.8 Å². The van der Waals surface area contributed by atoms with E-state index in [-0.39, 0.29) is 5.56 Å². The molecule has 0 unspecified atom stereocenters. The highest BCUT2D eigenvalue weighted by Gasteiger charge is 2.60. The van der Waals surface area contributed by atoms with Crippen LogP contribution in [-0.2, 0) is 25.0 Å². The number of ether oxygens (including phenoxy) is 2. The Bertz CT molecular complexity index is 1140. The average molecular weight is 579 g/mol. The molecule has 1 aromatic carbocycles. The fourth-order valence-corrected chi connectivity index (χ4v) is 5.45. The summed E-state index contributed by atoms with van der Waals surface area (Å²) < 4.78 is 52.8. The number of guanidine groups is 1. The van der Waals surface area contributed by atoms with Crippen LogP contribution in [0.4, 0.5) is 14.0 Å².